The zero-order valence-corrected chi connectivity index (χ0v) is 10.6. The molecule has 0 aliphatic rings. The van der Waals surface area contributed by atoms with E-state index >= 15 is 0 Å². The van der Waals surface area contributed by atoms with Crippen LogP contribution in [0.2, 0.25) is 0 Å². The van der Waals surface area contributed by atoms with Gasteiger partial charge in [-0.2, -0.15) is 0 Å². The highest BCUT2D eigenvalue weighted by Crippen LogP contribution is 2.26. The summed E-state index contributed by atoms with van der Waals surface area (Å²) >= 11 is 1.41. The Kier molecular flexibility index (Phi) is 4.00. The van der Waals surface area contributed by atoms with E-state index in [1.807, 2.05) is 6.92 Å². The molecule has 0 fully saturated rings. The zero-order valence-electron chi connectivity index (χ0n) is 9.78. The second-order valence-corrected chi connectivity index (χ2v) is 4.81. The van der Waals surface area contributed by atoms with Gasteiger partial charge in [0.2, 0.25) is 0 Å². The standard InChI is InChI=1S/C12H13F2N3S/c1-7-12(18-6-16-7)11(17-15)5-8-9(13)3-2-4-10(8)14/h2-4,6,11,17H,5,15H2,1H3. The number of aryl methyl sites for hydroxylation is 1. The molecule has 0 aliphatic carbocycles. The minimum absolute atomic E-state index is 0.0354. The summed E-state index contributed by atoms with van der Waals surface area (Å²) in [5.74, 6) is 4.35. The predicted molar refractivity (Wildman–Crippen MR) is 67.0 cm³/mol. The topological polar surface area (TPSA) is 50.9 Å². The van der Waals surface area contributed by atoms with Crippen molar-refractivity contribution in [3.63, 3.8) is 0 Å². The van der Waals surface area contributed by atoms with Crippen molar-refractivity contribution in [1.29, 1.82) is 0 Å². The van der Waals surface area contributed by atoms with Crippen molar-refractivity contribution < 1.29 is 8.78 Å². The SMILES string of the molecule is Cc1ncsc1C(Cc1c(F)cccc1F)NN. The lowest BCUT2D eigenvalue weighted by molar-refractivity contribution is 0.502. The van der Waals surface area contributed by atoms with Crippen LogP contribution in [0.3, 0.4) is 0 Å². The van der Waals surface area contributed by atoms with E-state index in [-0.39, 0.29) is 18.0 Å². The van der Waals surface area contributed by atoms with Crippen molar-refractivity contribution in [2.24, 2.45) is 5.84 Å². The molecular weight excluding hydrogens is 256 g/mol. The van der Waals surface area contributed by atoms with E-state index in [1.165, 1.54) is 29.5 Å². The molecule has 1 aromatic heterocycles. The summed E-state index contributed by atoms with van der Waals surface area (Å²) in [5, 5.41) is 0. The Morgan fingerprint density at radius 2 is 2.06 bits per heavy atom. The van der Waals surface area contributed by atoms with E-state index in [1.54, 1.807) is 5.51 Å². The molecule has 3 nitrogen and oxygen atoms in total. The molecule has 1 unspecified atom stereocenters. The molecule has 18 heavy (non-hydrogen) atoms. The molecule has 0 saturated heterocycles. The molecule has 96 valence electrons. The number of nitrogens with two attached hydrogens (primary N) is 1. The maximum atomic E-state index is 13.6. The third kappa shape index (κ3) is 2.55. The van der Waals surface area contributed by atoms with E-state index in [2.05, 4.69) is 10.4 Å². The van der Waals surface area contributed by atoms with Crippen LogP contribution in [-0.2, 0) is 6.42 Å². The third-order valence-corrected chi connectivity index (χ3v) is 3.81. The summed E-state index contributed by atoms with van der Waals surface area (Å²) in [6.45, 7) is 1.84. The Labute approximate surface area is 108 Å². The van der Waals surface area contributed by atoms with Gasteiger partial charge in [0.25, 0.3) is 0 Å². The molecule has 0 bridgehead atoms. The molecule has 0 spiro atoms. The van der Waals surface area contributed by atoms with Gasteiger partial charge in [0.1, 0.15) is 11.6 Å². The van der Waals surface area contributed by atoms with Crippen molar-refractivity contribution >= 4 is 11.3 Å². The van der Waals surface area contributed by atoms with Gasteiger partial charge >= 0.3 is 0 Å². The average molecular weight is 269 g/mol. The van der Waals surface area contributed by atoms with Crippen molar-refractivity contribution in [1.82, 2.24) is 10.4 Å². The molecule has 2 aromatic rings. The maximum Gasteiger partial charge on any atom is 0.129 e. The van der Waals surface area contributed by atoms with Crippen molar-refractivity contribution in [3.05, 3.63) is 51.5 Å². The quantitative estimate of drug-likeness (QED) is 0.662. The molecule has 0 saturated carbocycles. The number of hydrazine groups is 1. The molecule has 0 amide bonds. The predicted octanol–water partition coefficient (Wildman–Crippen LogP) is 2.48. The Hall–Kier alpha value is -1.37. The fourth-order valence-corrected chi connectivity index (χ4v) is 2.67. The number of hydrogen-bond acceptors (Lipinski definition) is 4. The van der Waals surface area contributed by atoms with Crippen LogP contribution >= 0.6 is 11.3 Å². The molecule has 1 heterocycles. The normalized spacial score (nSPS) is 12.7. The van der Waals surface area contributed by atoms with Gasteiger partial charge in [-0.1, -0.05) is 6.07 Å². The molecule has 1 atom stereocenters. The van der Waals surface area contributed by atoms with Gasteiger partial charge in [0.15, 0.2) is 0 Å². The second kappa shape index (κ2) is 5.51. The van der Waals surface area contributed by atoms with Gasteiger partial charge in [-0.05, 0) is 25.5 Å². The van der Waals surface area contributed by atoms with E-state index < -0.39 is 11.6 Å². The molecule has 0 aliphatic heterocycles. The number of nitrogens with zero attached hydrogens (tertiary/aromatic N) is 1. The number of halogens is 2. The lowest BCUT2D eigenvalue weighted by Gasteiger charge is -2.15. The highest BCUT2D eigenvalue weighted by Gasteiger charge is 2.19. The van der Waals surface area contributed by atoms with Crippen LogP contribution in [0, 0.1) is 18.6 Å². The summed E-state index contributed by atoms with van der Waals surface area (Å²) in [5.41, 5.74) is 5.13. The largest absolute Gasteiger partial charge is 0.271 e. The van der Waals surface area contributed by atoms with Crippen LogP contribution in [0.1, 0.15) is 22.2 Å². The van der Waals surface area contributed by atoms with E-state index in [9.17, 15) is 8.78 Å². The summed E-state index contributed by atoms with van der Waals surface area (Å²) in [4.78, 5) is 5.00. The van der Waals surface area contributed by atoms with Crippen LogP contribution in [0.5, 0.6) is 0 Å². The Morgan fingerprint density at radius 3 is 2.56 bits per heavy atom. The molecule has 3 N–H and O–H groups in total. The van der Waals surface area contributed by atoms with Crippen LogP contribution < -0.4 is 11.3 Å². The molecule has 0 radical (unpaired) electrons. The van der Waals surface area contributed by atoms with Crippen molar-refractivity contribution in [3.8, 4) is 0 Å². The van der Waals surface area contributed by atoms with E-state index in [0.717, 1.165) is 10.6 Å². The van der Waals surface area contributed by atoms with Crippen LogP contribution in [0.4, 0.5) is 8.78 Å². The van der Waals surface area contributed by atoms with Crippen LogP contribution in [0.25, 0.3) is 0 Å². The first-order chi connectivity index (χ1) is 8.63. The first-order valence-corrected chi connectivity index (χ1v) is 6.30. The molecule has 6 heteroatoms. The number of rotatable bonds is 4. The van der Waals surface area contributed by atoms with Gasteiger partial charge < -0.3 is 0 Å². The van der Waals surface area contributed by atoms with Gasteiger partial charge in [0.05, 0.1) is 17.2 Å². The van der Waals surface area contributed by atoms with E-state index in [4.69, 9.17) is 5.84 Å². The summed E-state index contributed by atoms with van der Waals surface area (Å²) in [7, 11) is 0. The van der Waals surface area contributed by atoms with Crippen molar-refractivity contribution in [2.45, 2.75) is 19.4 Å². The highest BCUT2D eigenvalue weighted by atomic mass is 32.1. The fourth-order valence-electron chi connectivity index (χ4n) is 1.80. The lowest BCUT2D eigenvalue weighted by Crippen LogP contribution is -2.30. The van der Waals surface area contributed by atoms with Crippen molar-refractivity contribution in [2.75, 3.05) is 0 Å². The number of thiazole rings is 1. The first kappa shape index (κ1) is 13.1. The third-order valence-electron chi connectivity index (χ3n) is 2.77. The zero-order chi connectivity index (χ0) is 13.1. The summed E-state index contributed by atoms with van der Waals surface area (Å²) < 4.78 is 27.1. The van der Waals surface area contributed by atoms with E-state index in [0.29, 0.717) is 0 Å². The minimum Gasteiger partial charge on any atom is -0.271 e. The van der Waals surface area contributed by atoms with Gasteiger partial charge in [-0.25, -0.2) is 13.8 Å². The van der Waals surface area contributed by atoms with Crippen LogP contribution in [-0.4, -0.2) is 4.98 Å². The van der Waals surface area contributed by atoms with Gasteiger partial charge in [-0.15, -0.1) is 11.3 Å². The number of nitrogens with one attached hydrogen (secondary N) is 1. The monoisotopic (exact) mass is 269 g/mol. The first-order valence-electron chi connectivity index (χ1n) is 5.42. The maximum absolute atomic E-state index is 13.6. The minimum atomic E-state index is -0.558. The molecule has 2 rings (SSSR count). The number of benzene rings is 1. The lowest BCUT2D eigenvalue weighted by atomic mass is 10.0. The van der Waals surface area contributed by atoms with Gasteiger partial charge in [0, 0.05) is 10.4 Å². The fraction of sp³-hybridized carbons (Fsp3) is 0.250. The van der Waals surface area contributed by atoms with Crippen LogP contribution in [0.15, 0.2) is 23.7 Å². The Bertz CT molecular complexity index is 522. The molecule has 1 aromatic carbocycles. The van der Waals surface area contributed by atoms with Gasteiger partial charge in [-0.3, -0.25) is 11.3 Å². The Morgan fingerprint density at radius 1 is 1.39 bits per heavy atom. The number of hydrogen-bond donors (Lipinski definition) is 2. The Balaban J connectivity index is 2.29. The average Bonchev–Trinajstić information content (AvgIpc) is 2.76. The molecular formula is C12H13F2N3S. The summed E-state index contributed by atoms with van der Waals surface area (Å²) in [6.07, 6.45) is 0.151. The second-order valence-electron chi connectivity index (χ2n) is 3.93. The number of aromatic nitrogens is 1. The summed E-state index contributed by atoms with van der Waals surface area (Å²) in [6, 6.07) is 3.48. The smallest absolute Gasteiger partial charge is 0.129 e. The highest BCUT2D eigenvalue weighted by molar-refractivity contribution is 7.09.